The second kappa shape index (κ2) is 5.94. The molecule has 0 radical (unpaired) electrons. The molecule has 3 aromatic rings. The average molecular weight is 395 g/mol. The number of nitrogens with zero attached hydrogens (tertiary/aromatic N) is 3. The lowest BCUT2D eigenvalue weighted by molar-refractivity contribution is 0.0968. The van der Waals surface area contributed by atoms with Crippen LogP contribution in [0.1, 0.15) is 37.7 Å². The van der Waals surface area contributed by atoms with Crippen LogP contribution in [0.2, 0.25) is 0 Å². The summed E-state index contributed by atoms with van der Waals surface area (Å²) < 4.78 is 68.4. The van der Waals surface area contributed by atoms with Crippen molar-refractivity contribution in [3.8, 4) is 5.75 Å². The van der Waals surface area contributed by atoms with Crippen molar-refractivity contribution < 1.29 is 36.6 Å². The molecule has 1 aliphatic carbocycles. The Bertz CT molecular complexity index is 1180. The molecule has 2 aromatic carbocycles. The van der Waals surface area contributed by atoms with Gasteiger partial charge in [0.2, 0.25) is 17.4 Å². The number of hydrogen-bond acceptors (Lipinski definition) is 5. The van der Waals surface area contributed by atoms with E-state index < -0.39 is 69.9 Å². The molecule has 0 amide bonds. The maximum atomic E-state index is 13.9. The highest BCUT2D eigenvalue weighted by atomic mass is 19.2. The molecule has 0 saturated heterocycles. The molecule has 1 aromatic heterocycles. The van der Waals surface area contributed by atoms with Crippen molar-refractivity contribution in [1.29, 1.82) is 0 Å². The summed E-state index contributed by atoms with van der Waals surface area (Å²) in [7, 11) is 0. The molecule has 11 heteroatoms. The van der Waals surface area contributed by atoms with E-state index in [9.17, 15) is 36.6 Å². The van der Waals surface area contributed by atoms with E-state index in [1.54, 1.807) is 0 Å². The monoisotopic (exact) mass is 395 g/mol. The van der Waals surface area contributed by atoms with E-state index in [1.807, 2.05) is 0 Å². The minimum Gasteiger partial charge on any atom is -0.507 e. The minimum atomic E-state index is -2.32. The molecule has 0 aliphatic heterocycles. The Kier molecular flexibility index (Phi) is 3.77. The zero-order valence-electron chi connectivity index (χ0n) is 13.4. The first-order valence-electron chi connectivity index (χ1n) is 7.59. The van der Waals surface area contributed by atoms with Gasteiger partial charge >= 0.3 is 0 Å². The third kappa shape index (κ3) is 2.25. The normalized spacial score (nSPS) is 12.9. The summed E-state index contributed by atoms with van der Waals surface area (Å²) in [4.78, 5) is 25.2. The van der Waals surface area contributed by atoms with Gasteiger partial charge in [-0.05, 0) is 12.1 Å². The zero-order valence-corrected chi connectivity index (χ0v) is 13.4. The summed E-state index contributed by atoms with van der Waals surface area (Å²) in [5.74, 6) is -13.0. The number of hydrogen-bond donors (Lipinski definition) is 1. The van der Waals surface area contributed by atoms with Crippen molar-refractivity contribution in [3.05, 3.63) is 75.4 Å². The van der Waals surface area contributed by atoms with Gasteiger partial charge in [0.1, 0.15) is 11.4 Å². The van der Waals surface area contributed by atoms with E-state index in [-0.39, 0.29) is 11.1 Å². The quantitative estimate of drug-likeness (QED) is 0.320. The largest absolute Gasteiger partial charge is 0.507 e. The SMILES string of the molecule is O=C1c2nnn(Cc3c(F)c(F)c(F)c(F)c3F)c2C(=O)c2cccc(O)c21. The van der Waals surface area contributed by atoms with Gasteiger partial charge in [-0.15, -0.1) is 5.10 Å². The first-order chi connectivity index (χ1) is 13.2. The summed E-state index contributed by atoms with van der Waals surface area (Å²) in [6, 6.07) is 3.70. The molecule has 1 N–H and O–H groups in total. The first-order valence-corrected chi connectivity index (χ1v) is 7.59. The number of carbonyl (C=O) groups is 2. The van der Waals surface area contributed by atoms with Gasteiger partial charge in [-0.25, -0.2) is 26.6 Å². The standard InChI is InChI=1S/C17H6F5N3O3/c18-9-6(10(19)12(21)13(22)11(9)20)4-25-15-14(23-24-25)17(28)8-5(16(15)27)2-1-3-7(8)26/h1-3,26H,4H2. The van der Waals surface area contributed by atoms with Crippen LogP contribution in [0.15, 0.2) is 18.2 Å². The summed E-state index contributed by atoms with van der Waals surface area (Å²) >= 11 is 0. The molecule has 4 rings (SSSR count). The summed E-state index contributed by atoms with van der Waals surface area (Å²) in [6.45, 7) is -1.04. The maximum absolute atomic E-state index is 13.9. The topological polar surface area (TPSA) is 85.1 Å². The van der Waals surface area contributed by atoms with Gasteiger partial charge in [0, 0.05) is 5.56 Å². The lowest BCUT2D eigenvalue weighted by Crippen LogP contribution is -2.24. The van der Waals surface area contributed by atoms with Gasteiger partial charge in [-0.3, -0.25) is 9.59 Å². The van der Waals surface area contributed by atoms with E-state index in [0.29, 0.717) is 4.68 Å². The fourth-order valence-electron chi connectivity index (χ4n) is 2.95. The van der Waals surface area contributed by atoms with Crippen LogP contribution in [0, 0.1) is 29.1 Å². The van der Waals surface area contributed by atoms with Crippen molar-refractivity contribution in [1.82, 2.24) is 15.0 Å². The predicted molar refractivity (Wildman–Crippen MR) is 80.3 cm³/mol. The number of phenolic OH excluding ortho intramolecular Hbond substituents is 1. The molecule has 0 atom stereocenters. The van der Waals surface area contributed by atoms with Crippen LogP contribution in [0.4, 0.5) is 22.0 Å². The van der Waals surface area contributed by atoms with Crippen LogP contribution in [0.5, 0.6) is 5.75 Å². The van der Waals surface area contributed by atoms with E-state index in [1.165, 1.54) is 18.2 Å². The van der Waals surface area contributed by atoms with Crippen LogP contribution in [0.25, 0.3) is 0 Å². The zero-order chi connectivity index (χ0) is 20.3. The highest BCUT2D eigenvalue weighted by molar-refractivity contribution is 6.27. The second-order valence-corrected chi connectivity index (χ2v) is 5.85. The number of benzene rings is 2. The third-order valence-corrected chi connectivity index (χ3v) is 4.29. The van der Waals surface area contributed by atoms with Crippen LogP contribution in [0.3, 0.4) is 0 Å². The minimum absolute atomic E-state index is 0.210. The number of carbonyl (C=O) groups excluding carboxylic acids is 2. The number of halogens is 5. The third-order valence-electron chi connectivity index (χ3n) is 4.29. The molecule has 28 heavy (non-hydrogen) atoms. The Morgan fingerprint density at radius 2 is 1.50 bits per heavy atom. The second-order valence-electron chi connectivity index (χ2n) is 5.85. The van der Waals surface area contributed by atoms with E-state index in [0.717, 1.165) is 0 Å². The molecular formula is C17H6F5N3O3. The van der Waals surface area contributed by atoms with Crippen molar-refractivity contribution in [2.45, 2.75) is 6.54 Å². The summed E-state index contributed by atoms with van der Waals surface area (Å²) in [5, 5.41) is 16.7. The van der Waals surface area contributed by atoms with Gasteiger partial charge in [0.15, 0.2) is 29.0 Å². The molecular weight excluding hydrogens is 389 g/mol. The van der Waals surface area contributed by atoms with E-state index in [4.69, 9.17) is 0 Å². The van der Waals surface area contributed by atoms with Crippen molar-refractivity contribution in [2.24, 2.45) is 0 Å². The Morgan fingerprint density at radius 3 is 2.14 bits per heavy atom. The number of fused-ring (bicyclic) bond motifs is 2. The lowest BCUT2D eigenvalue weighted by Gasteiger charge is -2.16. The smallest absolute Gasteiger partial charge is 0.220 e. The Balaban J connectivity index is 1.87. The number of aromatic hydroxyl groups is 1. The van der Waals surface area contributed by atoms with Crippen LogP contribution < -0.4 is 0 Å². The van der Waals surface area contributed by atoms with Crippen LogP contribution >= 0.6 is 0 Å². The maximum Gasteiger partial charge on any atom is 0.220 e. The fraction of sp³-hybridized carbons (Fsp3) is 0.0588. The number of aromatic nitrogens is 3. The number of ketones is 2. The van der Waals surface area contributed by atoms with Crippen LogP contribution in [-0.4, -0.2) is 31.7 Å². The molecule has 142 valence electrons. The first kappa shape index (κ1) is 17.8. The van der Waals surface area contributed by atoms with Crippen molar-refractivity contribution >= 4 is 11.6 Å². The molecule has 1 aliphatic rings. The summed E-state index contributed by atoms with van der Waals surface area (Å²) in [5.41, 5.74) is -2.78. The molecule has 1 heterocycles. The molecule has 6 nitrogen and oxygen atoms in total. The number of rotatable bonds is 2. The lowest BCUT2D eigenvalue weighted by atomic mass is 9.89. The molecule has 0 fully saturated rings. The van der Waals surface area contributed by atoms with Gasteiger partial charge in [-0.1, -0.05) is 11.3 Å². The van der Waals surface area contributed by atoms with Crippen molar-refractivity contribution in [2.75, 3.05) is 0 Å². The molecule has 0 saturated carbocycles. The molecule has 0 bridgehead atoms. The highest BCUT2D eigenvalue weighted by Crippen LogP contribution is 2.32. The number of phenols is 1. The van der Waals surface area contributed by atoms with Gasteiger partial charge in [0.05, 0.1) is 17.7 Å². The Labute approximate surface area is 151 Å². The molecule has 0 unspecified atom stereocenters. The molecule has 0 spiro atoms. The fourth-order valence-corrected chi connectivity index (χ4v) is 2.95. The van der Waals surface area contributed by atoms with Gasteiger partial charge in [0.25, 0.3) is 0 Å². The van der Waals surface area contributed by atoms with E-state index >= 15 is 0 Å². The van der Waals surface area contributed by atoms with Crippen molar-refractivity contribution in [3.63, 3.8) is 0 Å². The van der Waals surface area contributed by atoms with E-state index in [2.05, 4.69) is 10.3 Å². The van der Waals surface area contributed by atoms with Gasteiger partial charge in [-0.2, -0.15) is 0 Å². The Morgan fingerprint density at radius 1 is 0.893 bits per heavy atom. The summed E-state index contributed by atoms with van der Waals surface area (Å²) in [6.07, 6.45) is 0. The predicted octanol–water partition coefficient (Wildman–Crippen LogP) is 2.50. The van der Waals surface area contributed by atoms with Crippen LogP contribution in [-0.2, 0) is 6.54 Å². The highest BCUT2D eigenvalue weighted by Gasteiger charge is 2.37. The van der Waals surface area contributed by atoms with Gasteiger partial charge < -0.3 is 5.11 Å². The average Bonchev–Trinajstić information content (AvgIpc) is 3.10. The Hall–Kier alpha value is -3.63.